The molecular weight excluding hydrogens is 246 g/mol. The van der Waals surface area contributed by atoms with E-state index >= 15 is 0 Å². The number of aliphatic carboxylic acids is 1. The van der Waals surface area contributed by atoms with Crippen LogP contribution in [0.3, 0.4) is 0 Å². The topological polar surface area (TPSA) is 70.0 Å². The Morgan fingerprint density at radius 1 is 1.37 bits per heavy atom. The van der Waals surface area contributed by atoms with E-state index in [9.17, 15) is 9.90 Å². The third-order valence-corrected chi connectivity index (χ3v) is 3.16. The monoisotopic (exact) mass is 267 g/mol. The first kappa shape index (κ1) is 15.3. The molecule has 19 heavy (non-hydrogen) atoms. The fourth-order valence-electron chi connectivity index (χ4n) is 2.07. The van der Waals surface area contributed by atoms with Crippen LogP contribution in [0, 0.1) is 0 Å². The lowest BCUT2D eigenvalue weighted by molar-refractivity contribution is -0.139. The number of carboxylic acid groups (broad SMARTS) is 1. The van der Waals surface area contributed by atoms with Gasteiger partial charge in [-0.2, -0.15) is 0 Å². The van der Waals surface area contributed by atoms with Gasteiger partial charge in [0, 0.05) is 12.1 Å². The molecule has 0 radical (unpaired) electrons. The Kier molecular flexibility index (Phi) is 5.18. The Bertz CT molecular complexity index is 445. The van der Waals surface area contributed by atoms with Gasteiger partial charge < -0.3 is 14.9 Å². The normalized spacial score (nSPS) is 12.7. The molecule has 0 aliphatic carbocycles. The van der Waals surface area contributed by atoms with E-state index in [1.54, 1.807) is 18.2 Å². The highest BCUT2D eigenvalue weighted by molar-refractivity contribution is 5.69. The smallest absolute Gasteiger partial charge is 0.317 e. The first-order chi connectivity index (χ1) is 8.86. The lowest BCUT2D eigenvalue weighted by Crippen LogP contribution is -2.37. The van der Waals surface area contributed by atoms with Crippen molar-refractivity contribution >= 4 is 5.97 Å². The summed E-state index contributed by atoms with van der Waals surface area (Å²) in [5.41, 5.74) is 0.907. The minimum absolute atomic E-state index is 0.0258. The lowest BCUT2D eigenvalue weighted by Gasteiger charge is -2.31. The summed E-state index contributed by atoms with van der Waals surface area (Å²) in [6.45, 7) is 5.82. The summed E-state index contributed by atoms with van der Waals surface area (Å²) in [5, 5.41) is 18.5. The first-order valence-corrected chi connectivity index (χ1v) is 6.21. The van der Waals surface area contributed by atoms with Crippen LogP contribution in [0.4, 0.5) is 0 Å². The zero-order valence-corrected chi connectivity index (χ0v) is 11.8. The number of carboxylic acids is 1. The molecule has 5 nitrogen and oxygen atoms in total. The molecule has 0 bridgehead atoms. The predicted molar refractivity (Wildman–Crippen MR) is 72.6 cm³/mol. The van der Waals surface area contributed by atoms with Crippen LogP contribution in [0.2, 0.25) is 0 Å². The van der Waals surface area contributed by atoms with Crippen molar-refractivity contribution in [1.82, 2.24) is 4.90 Å². The second kappa shape index (κ2) is 6.43. The molecule has 1 atom stereocenters. The largest absolute Gasteiger partial charge is 0.504 e. The van der Waals surface area contributed by atoms with Crippen molar-refractivity contribution in [3.8, 4) is 11.5 Å². The van der Waals surface area contributed by atoms with Gasteiger partial charge in [-0.25, -0.2) is 0 Å². The standard InChI is InChI=1S/C14H21NO4/c1-9(2)15(8-14(17)18)10(3)11-5-6-12(16)13(7-11)19-4/h5-7,9-10,16H,8H2,1-4H3,(H,17,18). The Balaban J connectivity index is 3.02. The summed E-state index contributed by atoms with van der Waals surface area (Å²) < 4.78 is 5.07. The number of carbonyl (C=O) groups is 1. The number of ether oxygens (including phenoxy) is 1. The van der Waals surface area contributed by atoms with Crippen LogP contribution < -0.4 is 4.74 Å². The number of benzene rings is 1. The van der Waals surface area contributed by atoms with E-state index in [-0.39, 0.29) is 24.4 Å². The molecule has 2 N–H and O–H groups in total. The molecule has 0 saturated heterocycles. The molecule has 1 rings (SSSR count). The van der Waals surface area contributed by atoms with Crippen molar-refractivity contribution in [2.75, 3.05) is 13.7 Å². The fourth-order valence-corrected chi connectivity index (χ4v) is 2.07. The Morgan fingerprint density at radius 2 is 2.00 bits per heavy atom. The Morgan fingerprint density at radius 3 is 2.47 bits per heavy atom. The van der Waals surface area contributed by atoms with E-state index in [1.807, 2.05) is 25.7 Å². The van der Waals surface area contributed by atoms with Gasteiger partial charge in [-0.3, -0.25) is 9.69 Å². The highest BCUT2D eigenvalue weighted by atomic mass is 16.5. The number of phenols is 1. The maximum absolute atomic E-state index is 10.9. The number of hydrogen-bond donors (Lipinski definition) is 2. The minimum atomic E-state index is -0.855. The van der Waals surface area contributed by atoms with E-state index < -0.39 is 5.97 Å². The average molecular weight is 267 g/mol. The predicted octanol–water partition coefficient (Wildman–Crippen LogP) is 2.26. The van der Waals surface area contributed by atoms with Crippen molar-refractivity contribution < 1.29 is 19.7 Å². The van der Waals surface area contributed by atoms with Crippen molar-refractivity contribution in [1.29, 1.82) is 0 Å². The molecule has 0 aliphatic heterocycles. The van der Waals surface area contributed by atoms with Crippen LogP contribution in [0.15, 0.2) is 18.2 Å². The molecule has 0 amide bonds. The number of phenolic OH excluding ortho intramolecular Hbond substituents is 1. The van der Waals surface area contributed by atoms with Crippen LogP contribution in [-0.4, -0.2) is 40.8 Å². The number of nitrogens with zero attached hydrogens (tertiary/aromatic N) is 1. The van der Waals surface area contributed by atoms with Crippen LogP contribution >= 0.6 is 0 Å². The Labute approximate surface area is 113 Å². The second-order valence-electron chi connectivity index (χ2n) is 4.77. The maximum atomic E-state index is 10.9. The molecule has 0 saturated carbocycles. The van der Waals surface area contributed by atoms with Crippen LogP contribution in [0.5, 0.6) is 11.5 Å². The summed E-state index contributed by atoms with van der Waals surface area (Å²) in [5.74, 6) is -0.387. The van der Waals surface area contributed by atoms with E-state index in [0.717, 1.165) is 5.56 Å². The van der Waals surface area contributed by atoms with Gasteiger partial charge in [0.25, 0.3) is 0 Å². The third-order valence-electron chi connectivity index (χ3n) is 3.16. The molecule has 0 aliphatic rings. The molecule has 0 aromatic heterocycles. The van der Waals surface area contributed by atoms with Crippen molar-refractivity contribution in [2.45, 2.75) is 32.9 Å². The zero-order chi connectivity index (χ0) is 14.6. The van der Waals surface area contributed by atoms with Gasteiger partial charge in [0.05, 0.1) is 13.7 Å². The number of aromatic hydroxyl groups is 1. The van der Waals surface area contributed by atoms with Crippen LogP contribution in [-0.2, 0) is 4.79 Å². The molecule has 1 aromatic rings. The van der Waals surface area contributed by atoms with Gasteiger partial charge in [0.2, 0.25) is 0 Å². The van der Waals surface area contributed by atoms with E-state index in [0.29, 0.717) is 5.75 Å². The molecule has 0 fully saturated rings. The van der Waals surface area contributed by atoms with E-state index in [4.69, 9.17) is 9.84 Å². The Hall–Kier alpha value is -1.75. The summed E-state index contributed by atoms with van der Waals surface area (Å²) in [4.78, 5) is 12.8. The summed E-state index contributed by atoms with van der Waals surface area (Å²) >= 11 is 0. The molecule has 1 unspecified atom stereocenters. The van der Waals surface area contributed by atoms with Crippen LogP contribution in [0.1, 0.15) is 32.4 Å². The highest BCUT2D eigenvalue weighted by Crippen LogP contribution is 2.31. The molecule has 0 spiro atoms. The first-order valence-electron chi connectivity index (χ1n) is 6.21. The van der Waals surface area contributed by atoms with Gasteiger partial charge in [0.15, 0.2) is 11.5 Å². The van der Waals surface area contributed by atoms with Crippen LogP contribution in [0.25, 0.3) is 0 Å². The summed E-state index contributed by atoms with van der Waals surface area (Å²) in [6, 6.07) is 5.09. The van der Waals surface area contributed by atoms with Gasteiger partial charge in [-0.05, 0) is 38.5 Å². The maximum Gasteiger partial charge on any atom is 0.317 e. The molecule has 0 heterocycles. The second-order valence-corrected chi connectivity index (χ2v) is 4.77. The number of methoxy groups -OCH3 is 1. The van der Waals surface area contributed by atoms with Crippen molar-refractivity contribution in [3.63, 3.8) is 0 Å². The number of rotatable bonds is 6. The fraction of sp³-hybridized carbons (Fsp3) is 0.500. The molecule has 106 valence electrons. The highest BCUT2D eigenvalue weighted by Gasteiger charge is 2.22. The molecule has 5 heteroatoms. The average Bonchev–Trinajstić information content (AvgIpc) is 2.35. The van der Waals surface area contributed by atoms with Gasteiger partial charge in [-0.15, -0.1) is 0 Å². The summed E-state index contributed by atoms with van der Waals surface area (Å²) in [6.07, 6.45) is 0. The van der Waals surface area contributed by atoms with Gasteiger partial charge >= 0.3 is 5.97 Å². The van der Waals surface area contributed by atoms with Crippen molar-refractivity contribution in [3.05, 3.63) is 23.8 Å². The van der Waals surface area contributed by atoms with Gasteiger partial charge in [0.1, 0.15) is 0 Å². The number of hydrogen-bond acceptors (Lipinski definition) is 4. The van der Waals surface area contributed by atoms with E-state index in [1.165, 1.54) is 7.11 Å². The molecular formula is C14H21NO4. The molecule has 1 aromatic carbocycles. The minimum Gasteiger partial charge on any atom is -0.504 e. The lowest BCUT2D eigenvalue weighted by atomic mass is 10.0. The summed E-state index contributed by atoms with van der Waals surface area (Å²) in [7, 11) is 1.49. The van der Waals surface area contributed by atoms with E-state index in [2.05, 4.69) is 0 Å². The van der Waals surface area contributed by atoms with Crippen molar-refractivity contribution in [2.24, 2.45) is 0 Å². The van der Waals surface area contributed by atoms with Gasteiger partial charge in [-0.1, -0.05) is 6.07 Å². The zero-order valence-electron chi connectivity index (χ0n) is 11.8. The SMILES string of the molecule is COc1cc(C(C)N(CC(=O)O)C(C)C)ccc1O. The quantitative estimate of drug-likeness (QED) is 0.827. The third kappa shape index (κ3) is 3.86.